The predicted octanol–water partition coefficient (Wildman–Crippen LogP) is 3.97. The molecule has 0 aliphatic heterocycles. The van der Waals surface area contributed by atoms with Gasteiger partial charge in [0.1, 0.15) is 0 Å². The van der Waals surface area contributed by atoms with E-state index in [1.165, 1.54) is 25.7 Å². The molecule has 1 aliphatic rings. The van der Waals surface area contributed by atoms with Crippen molar-refractivity contribution in [3.63, 3.8) is 0 Å². The highest BCUT2D eigenvalue weighted by Gasteiger charge is 2.40. The Labute approximate surface area is 170 Å². The van der Waals surface area contributed by atoms with Crippen molar-refractivity contribution in [3.05, 3.63) is 24.3 Å². The number of hydrogen-bond donors (Lipinski definition) is 3. The molecule has 0 amide bonds. The summed E-state index contributed by atoms with van der Waals surface area (Å²) in [5.74, 6) is -2.89. The zero-order valence-electron chi connectivity index (χ0n) is 17.8. The van der Waals surface area contributed by atoms with Crippen LogP contribution >= 0.6 is 0 Å². The van der Waals surface area contributed by atoms with E-state index >= 15 is 0 Å². The molecule has 1 fully saturated rings. The summed E-state index contributed by atoms with van der Waals surface area (Å²) in [5, 5.41) is 29.4. The molecule has 1 aliphatic carbocycles. The van der Waals surface area contributed by atoms with Crippen LogP contribution in [-0.4, -0.2) is 40.8 Å². The maximum absolute atomic E-state index is 11.4. The van der Waals surface area contributed by atoms with Gasteiger partial charge in [-0.05, 0) is 56.3 Å². The quantitative estimate of drug-likeness (QED) is 0.190. The molecule has 0 aromatic heterocycles. The molecule has 0 aromatic carbocycles. The third-order valence-corrected chi connectivity index (χ3v) is 6.08. The summed E-state index contributed by atoms with van der Waals surface area (Å²) >= 11 is 0. The fraction of sp³-hybridized carbons (Fsp3) is 0.783. The zero-order valence-corrected chi connectivity index (χ0v) is 17.8. The molecule has 0 bridgehead atoms. The van der Waals surface area contributed by atoms with E-state index in [1.807, 2.05) is 6.08 Å². The van der Waals surface area contributed by atoms with Crippen molar-refractivity contribution in [3.8, 4) is 0 Å². The first-order chi connectivity index (χ1) is 13.4. The molecule has 3 N–H and O–H groups in total. The van der Waals surface area contributed by atoms with Crippen LogP contribution < -0.4 is 0 Å². The third kappa shape index (κ3) is 7.69. The van der Waals surface area contributed by atoms with Crippen LogP contribution in [-0.2, 0) is 9.53 Å². The molecule has 1 unspecified atom stereocenters. The molecular formula is C23H40O5. The monoisotopic (exact) mass is 396 g/mol. The van der Waals surface area contributed by atoms with Crippen molar-refractivity contribution in [2.45, 2.75) is 77.4 Å². The van der Waals surface area contributed by atoms with Crippen molar-refractivity contribution in [1.82, 2.24) is 0 Å². The van der Waals surface area contributed by atoms with Crippen molar-refractivity contribution in [2.24, 2.45) is 23.7 Å². The number of unbranched alkanes of at least 4 members (excludes halogenated alkanes) is 4. The van der Waals surface area contributed by atoms with Crippen LogP contribution in [0.1, 0.15) is 71.6 Å². The molecule has 162 valence electrons. The van der Waals surface area contributed by atoms with Crippen LogP contribution in [0.5, 0.6) is 0 Å². The minimum absolute atomic E-state index is 0.235. The zero-order chi connectivity index (χ0) is 21.0. The van der Waals surface area contributed by atoms with Gasteiger partial charge in [-0.15, -0.1) is 0 Å². The van der Waals surface area contributed by atoms with Crippen LogP contribution in [0, 0.1) is 23.7 Å². The van der Waals surface area contributed by atoms with Gasteiger partial charge < -0.3 is 20.1 Å². The van der Waals surface area contributed by atoms with Crippen molar-refractivity contribution >= 4 is 5.97 Å². The van der Waals surface area contributed by atoms with Gasteiger partial charge in [-0.3, -0.25) is 0 Å². The van der Waals surface area contributed by atoms with Gasteiger partial charge in [-0.2, -0.15) is 0 Å². The van der Waals surface area contributed by atoms with Crippen molar-refractivity contribution < 1.29 is 24.9 Å². The summed E-state index contributed by atoms with van der Waals surface area (Å²) in [7, 11) is 1.14. The average molecular weight is 397 g/mol. The largest absolute Gasteiger partial charge is 0.465 e. The number of aliphatic hydroxyl groups is 3. The van der Waals surface area contributed by atoms with E-state index in [-0.39, 0.29) is 6.61 Å². The lowest BCUT2D eigenvalue weighted by Crippen LogP contribution is -2.45. The maximum atomic E-state index is 11.4. The highest BCUT2D eigenvalue weighted by Crippen LogP contribution is 2.40. The smallest absolute Gasteiger partial charge is 0.366 e. The average Bonchev–Trinajstić information content (AvgIpc) is 3.08. The van der Waals surface area contributed by atoms with E-state index < -0.39 is 17.7 Å². The van der Waals surface area contributed by atoms with Gasteiger partial charge in [-0.1, -0.05) is 57.4 Å². The van der Waals surface area contributed by atoms with Crippen LogP contribution in [0.15, 0.2) is 24.3 Å². The highest BCUT2D eigenvalue weighted by molar-refractivity contribution is 5.77. The Bertz CT molecular complexity index is 497. The molecule has 5 nitrogen and oxygen atoms in total. The predicted molar refractivity (Wildman–Crippen MR) is 111 cm³/mol. The molecule has 0 saturated heterocycles. The second-order valence-electron chi connectivity index (χ2n) is 8.20. The number of rotatable bonds is 13. The minimum atomic E-state index is -2.46. The van der Waals surface area contributed by atoms with Gasteiger partial charge in [0.2, 0.25) is 0 Å². The van der Waals surface area contributed by atoms with Crippen LogP contribution in [0.25, 0.3) is 0 Å². The van der Waals surface area contributed by atoms with Crippen LogP contribution in [0.3, 0.4) is 0 Å². The summed E-state index contributed by atoms with van der Waals surface area (Å²) in [6.07, 6.45) is 18.2. The first kappa shape index (κ1) is 24.9. The van der Waals surface area contributed by atoms with E-state index in [1.54, 1.807) is 6.92 Å². The number of methoxy groups -OCH3 is 1. The summed E-state index contributed by atoms with van der Waals surface area (Å²) in [4.78, 5) is 11.4. The fourth-order valence-electron chi connectivity index (χ4n) is 4.03. The molecule has 0 heterocycles. The summed E-state index contributed by atoms with van der Waals surface area (Å²) < 4.78 is 4.44. The molecule has 4 atom stereocenters. The Morgan fingerprint density at radius 3 is 2.50 bits per heavy atom. The Balaban J connectivity index is 2.50. The van der Waals surface area contributed by atoms with E-state index in [2.05, 4.69) is 29.9 Å². The first-order valence-corrected chi connectivity index (χ1v) is 10.8. The third-order valence-electron chi connectivity index (χ3n) is 6.08. The SMILES string of the molecule is CCCCCC/C=C/[C@H]1[C@H](CO)CC[C@@H]1C/C=C\CC(C)C(O)(O)C(=O)OC. The lowest BCUT2D eigenvalue weighted by Gasteiger charge is -2.24. The van der Waals surface area contributed by atoms with Crippen molar-refractivity contribution in [2.75, 3.05) is 13.7 Å². The molecule has 1 saturated carbocycles. The maximum Gasteiger partial charge on any atom is 0.366 e. The number of carbonyl (C=O) groups excluding carboxylic acids is 1. The standard InChI is InChI=1S/C23H40O5/c1-4-5-6-7-8-9-14-21-19(15-16-20(21)17-24)13-11-10-12-18(2)23(26,27)22(25)28-3/h9-11,14,18-21,24,26-27H,4-8,12-13,15-17H2,1-3H3/b11-10-,14-9+/t18?,19-,20-,21+/m0/s1. The summed E-state index contributed by atoms with van der Waals surface area (Å²) in [5.41, 5.74) is 0. The first-order valence-electron chi connectivity index (χ1n) is 10.8. The van der Waals surface area contributed by atoms with E-state index in [0.29, 0.717) is 24.2 Å². The number of allylic oxidation sites excluding steroid dienone is 4. The van der Waals surface area contributed by atoms with E-state index in [4.69, 9.17) is 0 Å². The molecule has 0 spiro atoms. The number of esters is 1. The Morgan fingerprint density at radius 2 is 1.86 bits per heavy atom. The number of hydrogen-bond acceptors (Lipinski definition) is 5. The van der Waals surface area contributed by atoms with Crippen molar-refractivity contribution in [1.29, 1.82) is 0 Å². The molecule has 1 rings (SSSR count). The Hall–Kier alpha value is -1.17. The number of ether oxygens (including phenoxy) is 1. The summed E-state index contributed by atoms with van der Waals surface area (Å²) in [6.45, 7) is 4.07. The van der Waals surface area contributed by atoms with Gasteiger partial charge in [0.25, 0.3) is 5.79 Å². The molecule has 28 heavy (non-hydrogen) atoms. The van der Waals surface area contributed by atoms with Crippen LogP contribution in [0.2, 0.25) is 0 Å². The fourth-order valence-corrected chi connectivity index (χ4v) is 4.03. The lowest BCUT2D eigenvalue weighted by molar-refractivity contribution is -0.222. The van der Waals surface area contributed by atoms with Gasteiger partial charge >= 0.3 is 5.97 Å². The Kier molecular flexibility index (Phi) is 11.7. The molecule has 0 aromatic rings. The van der Waals surface area contributed by atoms with Gasteiger partial charge in [0.05, 0.1) is 7.11 Å². The molecule has 0 radical (unpaired) electrons. The number of carbonyl (C=O) groups is 1. The molecule has 5 heteroatoms. The van der Waals surface area contributed by atoms with E-state index in [9.17, 15) is 20.1 Å². The highest BCUT2D eigenvalue weighted by atomic mass is 16.6. The topological polar surface area (TPSA) is 87.0 Å². The second-order valence-corrected chi connectivity index (χ2v) is 8.20. The minimum Gasteiger partial charge on any atom is -0.465 e. The summed E-state index contributed by atoms with van der Waals surface area (Å²) in [6, 6.07) is 0. The van der Waals surface area contributed by atoms with Gasteiger partial charge in [0.15, 0.2) is 0 Å². The molecular weight excluding hydrogens is 356 g/mol. The van der Waals surface area contributed by atoms with Crippen LogP contribution in [0.4, 0.5) is 0 Å². The second kappa shape index (κ2) is 13.1. The normalized spacial score (nSPS) is 24.3. The lowest BCUT2D eigenvalue weighted by atomic mass is 9.86. The van der Waals surface area contributed by atoms with Gasteiger partial charge in [-0.25, -0.2) is 4.79 Å². The Morgan fingerprint density at radius 1 is 1.14 bits per heavy atom. The van der Waals surface area contributed by atoms with Gasteiger partial charge in [0, 0.05) is 12.5 Å². The van der Waals surface area contributed by atoms with E-state index in [0.717, 1.165) is 32.8 Å². The number of aliphatic hydroxyl groups excluding tert-OH is 1.